The fraction of sp³-hybridized carbons (Fsp3) is 0.111. The summed E-state index contributed by atoms with van der Waals surface area (Å²) in [5.74, 6) is 1.94. The van der Waals surface area contributed by atoms with Crippen molar-refractivity contribution in [1.29, 1.82) is 0 Å². The Morgan fingerprint density at radius 2 is 2.39 bits per heavy atom. The van der Waals surface area contributed by atoms with E-state index in [1.54, 1.807) is 11.3 Å². The quantitative estimate of drug-likeness (QED) is 0.701. The highest BCUT2D eigenvalue weighted by molar-refractivity contribution is 7.98. The lowest BCUT2D eigenvalue weighted by atomic mass is 10.4. The Labute approximate surface area is 110 Å². The Kier molecular flexibility index (Phi) is 2.99. The molecule has 3 N–H and O–H groups in total. The Balaban J connectivity index is 1.67. The first-order valence-corrected chi connectivity index (χ1v) is 6.85. The Hall–Kier alpha value is -1.87. The van der Waals surface area contributed by atoms with Crippen LogP contribution in [0.3, 0.4) is 0 Å². The van der Waals surface area contributed by atoms with Gasteiger partial charge < -0.3 is 10.3 Å². The van der Waals surface area contributed by atoms with Gasteiger partial charge in [-0.3, -0.25) is 0 Å². The number of aromatic nitrogens is 5. The van der Waals surface area contributed by atoms with Gasteiger partial charge in [0.2, 0.25) is 22.8 Å². The highest BCUT2D eigenvalue weighted by atomic mass is 32.2. The number of nitrogens with one attached hydrogen (secondary N) is 1. The maximum atomic E-state index is 5.42. The second kappa shape index (κ2) is 4.78. The molecule has 0 radical (unpaired) electrons. The van der Waals surface area contributed by atoms with Crippen molar-refractivity contribution in [3.8, 4) is 10.7 Å². The predicted molar refractivity (Wildman–Crippen MR) is 68.0 cm³/mol. The molecule has 7 nitrogen and oxygen atoms in total. The van der Waals surface area contributed by atoms with E-state index >= 15 is 0 Å². The molecule has 0 aliphatic carbocycles. The average molecular weight is 280 g/mol. The van der Waals surface area contributed by atoms with E-state index in [9.17, 15) is 0 Å². The lowest BCUT2D eigenvalue weighted by Gasteiger charge is -1.88. The monoisotopic (exact) mass is 280 g/mol. The number of hydrogen-bond donors (Lipinski definition) is 2. The van der Waals surface area contributed by atoms with Crippen LogP contribution in [0.4, 0.5) is 5.95 Å². The Bertz CT molecular complexity index is 631. The van der Waals surface area contributed by atoms with Crippen LogP contribution in [0.2, 0.25) is 0 Å². The largest absolute Gasteiger partial charge is 0.368 e. The van der Waals surface area contributed by atoms with E-state index in [1.807, 2.05) is 17.5 Å². The lowest BCUT2D eigenvalue weighted by Crippen LogP contribution is -1.85. The number of anilines is 1. The van der Waals surface area contributed by atoms with Crippen molar-refractivity contribution < 1.29 is 4.52 Å². The number of hydrogen-bond acceptors (Lipinski definition) is 8. The maximum Gasteiger partial charge on any atom is 0.237 e. The summed E-state index contributed by atoms with van der Waals surface area (Å²) in [4.78, 5) is 9.24. The zero-order valence-electron chi connectivity index (χ0n) is 9.03. The summed E-state index contributed by atoms with van der Waals surface area (Å²) in [6.45, 7) is 0. The van der Waals surface area contributed by atoms with Crippen molar-refractivity contribution in [3.63, 3.8) is 0 Å². The fourth-order valence-corrected chi connectivity index (χ4v) is 2.56. The average Bonchev–Trinajstić information content (AvgIpc) is 3.07. The van der Waals surface area contributed by atoms with Gasteiger partial charge in [0.05, 0.1) is 10.6 Å². The molecule has 0 spiro atoms. The third-order valence-corrected chi connectivity index (χ3v) is 3.71. The number of thioether (sulfide) groups is 1. The van der Waals surface area contributed by atoms with Crippen LogP contribution in [-0.4, -0.2) is 25.3 Å². The summed E-state index contributed by atoms with van der Waals surface area (Å²) in [5.41, 5.74) is 5.42. The first-order valence-electron chi connectivity index (χ1n) is 4.98. The van der Waals surface area contributed by atoms with Gasteiger partial charge in [-0.2, -0.15) is 9.97 Å². The molecule has 0 fully saturated rings. The van der Waals surface area contributed by atoms with E-state index in [2.05, 4.69) is 25.3 Å². The van der Waals surface area contributed by atoms with E-state index in [4.69, 9.17) is 10.3 Å². The first-order chi connectivity index (χ1) is 8.81. The van der Waals surface area contributed by atoms with E-state index < -0.39 is 0 Å². The van der Waals surface area contributed by atoms with Gasteiger partial charge in [0.15, 0.2) is 0 Å². The number of nitrogen functional groups attached to an aromatic ring is 1. The number of rotatable bonds is 4. The molecule has 18 heavy (non-hydrogen) atoms. The van der Waals surface area contributed by atoms with Gasteiger partial charge in [0, 0.05) is 0 Å². The smallest absolute Gasteiger partial charge is 0.237 e. The number of thiophene rings is 1. The molecule has 9 heteroatoms. The summed E-state index contributed by atoms with van der Waals surface area (Å²) in [6, 6.07) is 3.89. The van der Waals surface area contributed by atoms with Crippen LogP contribution in [0.5, 0.6) is 0 Å². The maximum absolute atomic E-state index is 5.42. The lowest BCUT2D eigenvalue weighted by molar-refractivity contribution is 0.391. The minimum absolute atomic E-state index is 0.294. The topological polar surface area (TPSA) is 107 Å². The van der Waals surface area contributed by atoms with Gasteiger partial charge in [0.25, 0.3) is 0 Å². The van der Waals surface area contributed by atoms with Gasteiger partial charge in [-0.25, -0.2) is 5.10 Å². The standard InChI is InChI=1S/C9H8N6OS2/c10-8-12-9(14-13-8)18-4-6-11-7(15-16-6)5-2-1-3-17-5/h1-3H,4H2,(H3,10,12,13,14). The van der Waals surface area contributed by atoms with Crippen LogP contribution in [0.15, 0.2) is 27.2 Å². The van der Waals surface area contributed by atoms with Gasteiger partial charge in [-0.15, -0.1) is 16.4 Å². The first kappa shape index (κ1) is 11.2. The fourth-order valence-electron chi connectivity index (χ4n) is 1.27. The molecule has 0 bridgehead atoms. The second-order valence-electron chi connectivity index (χ2n) is 3.28. The molecule has 3 aromatic heterocycles. The summed E-state index contributed by atoms with van der Waals surface area (Å²) in [7, 11) is 0. The van der Waals surface area contributed by atoms with E-state index in [-0.39, 0.29) is 0 Å². The number of H-pyrrole nitrogens is 1. The van der Waals surface area contributed by atoms with Crippen molar-refractivity contribution in [1.82, 2.24) is 25.3 Å². The third kappa shape index (κ3) is 2.36. The van der Waals surface area contributed by atoms with E-state index in [0.717, 1.165) is 4.88 Å². The molecular weight excluding hydrogens is 272 g/mol. The van der Waals surface area contributed by atoms with Crippen molar-refractivity contribution >= 4 is 29.0 Å². The van der Waals surface area contributed by atoms with Crippen LogP contribution in [0, 0.1) is 0 Å². The summed E-state index contributed by atoms with van der Waals surface area (Å²) < 4.78 is 5.14. The molecule has 0 unspecified atom stereocenters. The summed E-state index contributed by atoms with van der Waals surface area (Å²) >= 11 is 2.95. The molecule has 0 saturated heterocycles. The minimum Gasteiger partial charge on any atom is -0.368 e. The molecule has 0 saturated carbocycles. The number of nitrogens with zero attached hydrogens (tertiary/aromatic N) is 4. The van der Waals surface area contributed by atoms with Gasteiger partial charge >= 0.3 is 0 Å². The predicted octanol–water partition coefficient (Wildman–Crippen LogP) is 1.79. The molecule has 3 heterocycles. The Morgan fingerprint density at radius 1 is 1.44 bits per heavy atom. The van der Waals surface area contributed by atoms with Crippen molar-refractivity contribution in [3.05, 3.63) is 23.4 Å². The van der Waals surface area contributed by atoms with Crippen LogP contribution in [-0.2, 0) is 5.75 Å². The molecule has 3 rings (SSSR count). The minimum atomic E-state index is 0.294. The normalized spacial score (nSPS) is 10.9. The number of aromatic amines is 1. The molecule has 0 amide bonds. The molecule has 0 aromatic carbocycles. The highest BCUT2D eigenvalue weighted by Crippen LogP contribution is 2.23. The van der Waals surface area contributed by atoms with E-state index in [1.165, 1.54) is 11.8 Å². The van der Waals surface area contributed by atoms with Gasteiger partial charge in [0.1, 0.15) is 0 Å². The van der Waals surface area contributed by atoms with Crippen molar-refractivity contribution in [2.24, 2.45) is 0 Å². The van der Waals surface area contributed by atoms with Gasteiger partial charge in [-0.05, 0) is 11.4 Å². The van der Waals surface area contributed by atoms with Crippen molar-refractivity contribution in [2.75, 3.05) is 5.73 Å². The van der Waals surface area contributed by atoms with Crippen LogP contribution < -0.4 is 5.73 Å². The van der Waals surface area contributed by atoms with E-state index in [0.29, 0.717) is 28.6 Å². The van der Waals surface area contributed by atoms with Gasteiger partial charge in [-0.1, -0.05) is 23.0 Å². The molecule has 92 valence electrons. The third-order valence-electron chi connectivity index (χ3n) is 2.02. The van der Waals surface area contributed by atoms with Crippen LogP contribution in [0.1, 0.15) is 5.89 Å². The zero-order valence-corrected chi connectivity index (χ0v) is 10.7. The molecule has 3 aromatic rings. The van der Waals surface area contributed by atoms with Crippen LogP contribution in [0.25, 0.3) is 10.7 Å². The second-order valence-corrected chi connectivity index (χ2v) is 5.17. The molecule has 0 aliphatic rings. The SMILES string of the molecule is Nc1nc(SCc2nc(-c3cccs3)no2)n[nH]1. The summed E-state index contributed by atoms with van der Waals surface area (Å²) in [6.07, 6.45) is 0. The number of nitrogens with two attached hydrogens (primary N) is 1. The van der Waals surface area contributed by atoms with Crippen molar-refractivity contribution in [2.45, 2.75) is 10.9 Å². The Morgan fingerprint density at radius 3 is 3.11 bits per heavy atom. The zero-order chi connectivity index (χ0) is 12.4. The summed E-state index contributed by atoms with van der Waals surface area (Å²) in [5, 5.41) is 12.9. The highest BCUT2D eigenvalue weighted by Gasteiger charge is 2.10. The molecular formula is C9H8N6OS2. The molecule has 0 aliphatic heterocycles. The van der Waals surface area contributed by atoms with Crippen LogP contribution >= 0.6 is 23.1 Å². The molecule has 0 atom stereocenters.